The average Bonchev–Trinajstić information content (AvgIpc) is 2.69. The molecule has 3 N–H and O–H groups in total. The van der Waals surface area contributed by atoms with Crippen LogP contribution in [0, 0.1) is 0 Å². The Bertz CT molecular complexity index is 556. The number of hydrogen-bond donors (Lipinski definition) is 3. The zero-order valence-corrected chi connectivity index (χ0v) is 11.1. The molecule has 0 fully saturated rings. The zero-order valence-electron chi connectivity index (χ0n) is 9.59. The van der Waals surface area contributed by atoms with Crippen molar-refractivity contribution < 1.29 is 0 Å². The Morgan fingerprint density at radius 2 is 1.78 bits per heavy atom. The van der Waals surface area contributed by atoms with Crippen LogP contribution in [0.25, 0.3) is 0 Å². The smallest absolute Gasteiger partial charge is 0.264 e. The topological polar surface area (TPSA) is 60.7 Å². The maximum Gasteiger partial charge on any atom is 0.264 e. The molecule has 0 saturated carbocycles. The van der Waals surface area contributed by atoms with Crippen LogP contribution in [-0.4, -0.2) is 16.7 Å². The molecule has 18 heavy (non-hydrogen) atoms. The summed E-state index contributed by atoms with van der Waals surface area (Å²) >= 11 is 11.8. The normalized spacial score (nSPS) is 10.8. The van der Waals surface area contributed by atoms with Crippen molar-refractivity contribution >= 4 is 23.2 Å². The first-order chi connectivity index (χ1) is 8.63. The van der Waals surface area contributed by atoms with Gasteiger partial charge in [-0.1, -0.05) is 23.2 Å². The molecule has 1 heterocycles. The lowest BCUT2D eigenvalue weighted by atomic mass is 10.2. The van der Waals surface area contributed by atoms with Gasteiger partial charge in [0.1, 0.15) is 0 Å². The highest BCUT2D eigenvalue weighted by atomic mass is 35.5. The van der Waals surface area contributed by atoms with E-state index in [1.165, 1.54) is 0 Å². The van der Waals surface area contributed by atoms with E-state index in [4.69, 9.17) is 23.2 Å². The predicted molar refractivity (Wildman–Crippen MR) is 73.3 cm³/mol. The SMILES string of the molecule is O=c1cc(CCNCc2cc(Cl)cc(Cl)c2)[nH][nH]1. The number of rotatable bonds is 5. The Morgan fingerprint density at radius 3 is 2.39 bits per heavy atom. The molecule has 2 rings (SSSR count). The van der Waals surface area contributed by atoms with Crippen LogP contribution in [-0.2, 0) is 13.0 Å². The minimum Gasteiger partial charge on any atom is -0.312 e. The van der Waals surface area contributed by atoms with Crippen LogP contribution < -0.4 is 10.9 Å². The summed E-state index contributed by atoms with van der Waals surface area (Å²) in [5, 5.41) is 9.83. The number of nitrogens with one attached hydrogen (secondary N) is 3. The van der Waals surface area contributed by atoms with Crippen LogP contribution in [0.2, 0.25) is 10.0 Å². The molecule has 0 amide bonds. The minimum atomic E-state index is -0.105. The monoisotopic (exact) mass is 285 g/mol. The Hall–Kier alpha value is -1.23. The van der Waals surface area contributed by atoms with E-state index >= 15 is 0 Å². The van der Waals surface area contributed by atoms with E-state index in [1.807, 2.05) is 12.1 Å². The van der Waals surface area contributed by atoms with Gasteiger partial charge in [-0.3, -0.25) is 9.89 Å². The highest BCUT2D eigenvalue weighted by molar-refractivity contribution is 6.34. The molecule has 1 aromatic heterocycles. The third kappa shape index (κ3) is 3.91. The Labute approximate surface area is 114 Å². The van der Waals surface area contributed by atoms with E-state index in [0.29, 0.717) is 16.6 Å². The van der Waals surface area contributed by atoms with Gasteiger partial charge >= 0.3 is 0 Å². The van der Waals surface area contributed by atoms with E-state index in [-0.39, 0.29) is 5.56 Å². The summed E-state index contributed by atoms with van der Waals surface area (Å²) in [4.78, 5) is 10.9. The fourth-order valence-corrected chi connectivity index (χ4v) is 2.25. The van der Waals surface area contributed by atoms with Crippen LogP contribution in [0.15, 0.2) is 29.1 Å². The summed E-state index contributed by atoms with van der Waals surface area (Å²) in [6, 6.07) is 7.01. The molecule has 0 aliphatic carbocycles. The molecule has 0 spiro atoms. The molecule has 6 heteroatoms. The lowest BCUT2D eigenvalue weighted by Gasteiger charge is -2.05. The lowest BCUT2D eigenvalue weighted by molar-refractivity contribution is 0.678. The maximum absolute atomic E-state index is 10.9. The molecule has 0 atom stereocenters. The van der Waals surface area contributed by atoms with Crippen LogP contribution >= 0.6 is 23.2 Å². The molecule has 96 valence electrons. The van der Waals surface area contributed by atoms with Gasteiger partial charge in [0, 0.05) is 41.3 Å². The van der Waals surface area contributed by atoms with Gasteiger partial charge < -0.3 is 10.4 Å². The second kappa shape index (κ2) is 6.09. The lowest BCUT2D eigenvalue weighted by Crippen LogP contribution is -2.16. The Balaban J connectivity index is 1.80. The van der Waals surface area contributed by atoms with Gasteiger partial charge in [0.25, 0.3) is 5.56 Å². The third-order valence-corrected chi connectivity index (χ3v) is 2.91. The van der Waals surface area contributed by atoms with Crippen molar-refractivity contribution in [2.24, 2.45) is 0 Å². The van der Waals surface area contributed by atoms with Crippen molar-refractivity contribution in [2.75, 3.05) is 6.54 Å². The summed E-state index contributed by atoms with van der Waals surface area (Å²) in [6.07, 6.45) is 0.757. The first-order valence-corrected chi connectivity index (χ1v) is 6.31. The second-order valence-corrected chi connectivity index (χ2v) is 4.86. The van der Waals surface area contributed by atoms with E-state index in [1.54, 1.807) is 12.1 Å². The molecule has 0 unspecified atom stereocenters. The average molecular weight is 286 g/mol. The summed E-state index contributed by atoms with van der Waals surface area (Å²) < 4.78 is 0. The first-order valence-electron chi connectivity index (χ1n) is 5.56. The third-order valence-electron chi connectivity index (χ3n) is 2.47. The van der Waals surface area contributed by atoms with Crippen molar-refractivity contribution in [3.05, 3.63) is 55.9 Å². The number of halogens is 2. The molecular weight excluding hydrogens is 273 g/mol. The highest BCUT2D eigenvalue weighted by Crippen LogP contribution is 2.18. The largest absolute Gasteiger partial charge is 0.312 e. The molecule has 0 bridgehead atoms. The Kier molecular flexibility index (Phi) is 4.47. The van der Waals surface area contributed by atoms with Gasteiger partial charge in [-0.15, -0.1) is 0 Å². The maximum atomic E-state index is 10.9. The molecular formula is C12H13Cl2N3O. The number of benzene rings is 1. The highest BCUT2D eigenvalue weighted by Gasteiger charge is 1.99. The number of aromatic nitrogens is 2. The van der Waals surface area contributed by atoms with Gasteiger partial charge in [0.15, 0.2) is 0 Å². The van der Waals surface area contributed by atoms with E-state index in [0.717, 1.165) is 24.2 Å². The van der Waals surface area contributed by atoms with Gasteiger partial charge in [0.2, 0.25) is 0 Å². The number of hydrogen-bond acceptors (Lipinski definition) is 2. The van der Waals surface area contributed by atoms with Gasteiger partial charge in [-0.25, -0.2) is 0 Å². The summed E-state index contributed by atoms with van der Waals surface area (Å²) in [5.74, 6) is 0. The summed E-state index contributed by atoms with van der Waals surface area (Å²) in [5.41, 5.74) is 1.82. The number of aromatic amines is 2. The van der Waals surface area contributed by atoms with E-state index in [2.05, 4.69) is 15.5 Å². The molecule has 1 aromatic carbocycles. The van der Waals surface area contributed by atoms with Crippen molar-refractivity contribution in [2.45, 2.75) is 13.0 Å². The van der Waals surface area contributed by atoms with E-state index in [9.17, 15) is 4.79 Å². The summed E-state index contributed by atoms with van der Waals surface area (Å²) in [7, 11) is 0. The van der Waals surface area contributed by atoms with Crippen LogP contribution in [0.4, 0.5) is 0 Å². The molecule has 0 radical (unpaired) electrons. The molecule has 0 saturated heterocycles. The minimum absolute atomic E-state index is 0.105. The van der Waals surface area contributed by atoms with Crippen molar-refractivity contribution in [1.29, 1.82) is 0 Å². The van der Waals surface area contributed by atoms with Gasteiger partial charge in [-0.2, -0.15) is 0 Å². The molecule has 4 nitrogen and oxygen atoms in total. The second-order valence-electron chi connectivity index (χ2n) is 3.99. The van der Waals surface area contributed by atoms with Crippen molar-refractivity contribution in [3.63, 3.8) is 0 Å². The van der Waals surface area contributed by atoms with Crippen LogP contribution in [0.1, 0.15) is 11.3 Å². The summed E-state index contributed by atoms with van der Waals surface area (Å²) in [6.45, 7) is 1.45. The van der Waals surface area contributed by atoms with Crippen LogP contribution in [0.5, 0.6) is 0 Å². The quantitative estimate of drug-likeness (QED) is 0.739. The standard InChI is InChI=1S/C12H13Cl2N3O/c13-9-3-8(4-10(14)5-9)7-15-2-1-11-6-12(18)17-16-11/h3-6,15H,1-2,7H2,(H2,16,17,18). The fourth-order valence-electron chi connectivity index (χ4n) is 1.68. The van der Waals surface area contributed by atoms with Gasteiger partial charge in [-0.05, 0) is 23.8 Å². The molecule has 0 aliphatic rings. The first kappa shape index (κ1) is 13.2. The van der Waals surface area contributed by atoms with Crippen molar-refractivity contribution in [3.8, 4) is 0 Å². The van der Waals surface area contributed by atoms with Gasteiger partial charge in [0.05, 0.1) is 0 Å². The Morgan fingerprint density at radius 1 is 1.06 bits per heavy atom. The molecule has 0 aliphatic heterocycles. The predicted octanol–water partition coefficient (Wildman–Crippen LogP) is 2.34. The number of H-pyrrole nitrogens is 2. The van der Waals surface area contributed by atoms with E-state index < -0.39 is 0 Å². The zero-order chi connectivity index (χ0) is 13.0. The van der Waals surface area contributed by atoms with Crippen molar-refractivity contribution in [1.82, 2.24) is 15.5 Å². The molecule has 2 aromatic rings. The fraction of sp³-hybridized carbons (Fsp3) is 0.250. The van der Waals surface area contributed by atoms with Crippen LogP contribution in [0.3, 0.4) is 0 Å².